The summed E-state index contributed by atoms with van der Waals surface area (Å²) in [5.41, 5.74) is 1.34. The third kappa shape index (κ3) is 4.63. The number of hydrogen-bond donors (Lipinski definition) is 2. The van der Waals surface area contributed by atoms with Crippen LogP contribution in [0.5, 0.6) is 0 Å². The molecule has 0 aliphatic heterocycles. The van der Waals surface area contributed by atoms with Crippen molar-refractivity contribution in [1.29, 1.82) is 0 Å². The molecule has 3 atom stereocenters. The molecule has 2 N–H and O–H groups in total. The SMILES string of the molecule is CC(C)CCN[C@@H]1C[C@@H](Cc2ccccc2)[C@H](O)C1. The Morgan fingerprint density at radius 2 is 1.95 bits per heavy atom. The number of aliphatic hydroxyl groups is 1. The van der Waals surface area contributed by atoms with Gasteiger partial charge in [-0.25, -0.2) is 0 Å². The molecule has 0 amide bonds. The molecule has 0 aromatic heterocycles. The Morgan fingerprint density at radius 1 is 1.21 bits per heavy atom. The fourth-order valence-corrected chi connectivity index (χ4v) is 2.98. The highest BCUT2D eigenvalue weighted by atomic mass is 16.3. The lowest BCUT2D eigenvalue weighted by Crippen LogP contribution is -2.28. The first-order chi connectivity index (χ1) is 9.15. The van der Waals surface area contributed by atoms with Crippen LogP contribution in [0.3, 0.4) is 0 Å². The lowest BCUT2D eigenvalue weighted by molar-refractivity contribution is 0.131. The highest BCUT2D eigenvalue weighted by molar-refractivity contribution is 5.16. The summed E-state index contributed by atoms with van der Waals surface area (Å²) in [4.78, 5) is 0. The minimum atomic E-state index is -0.142. The Labute approximate surface area is 117 Å². The number of aliphatic hydroxyl groups excluding tert-OH is 1. The lowest BCUT2D eigenvalue weighted by atomic mass is 9.96. The molecule has 0 saturated heterocycles. The van der Waals surface area contributed by atoms with Crippen molar-refractivity contribution in [1.82, 2.24) is 5.32 Å². The van der Waals surface area contributed by atoms with Gasteiger partial charge in [-0.3, -0.25) is 0 Å². The van der Waals surface area contributed by atoms with Crippen LogP contribution in [0.1, 0.15) is 38.7 Å². The minimum Gasteiger partial charge on any atom is -0.393 e. The van der Waals surface area contributed by atoms with Crippen LogP contribution in [-0.4, -0.2) is 23.8 Å². The van der Waals surface area contributed by atoms with Gasteiger partial charge in [-0.05, 0) is 49.6 Å². The van der Waals surface area contributed by atoms with Crippen LogP contribution in [0.4, 0.5) is 0 Å². The van der Waals surface area contributed by atoms with Crippen LogP contribution in [-0.2, 0) is 6.42 Å². The van der Waals surface area contributed by atoms with E-state index in [2.05, 4.69) is 43.4 Å². The summed E-state index contributed by atoms with van der Waals surface area (Å²) in [7, 11) is 0. The second kappa shape index (κ2) is 7.06. The first-order valence-corrected chi connectivity index (χ1v) is 7.60. The summed E-state index contributed by atoms with van der Waals surface area (Å²) in [6.07, 6.45) is 4.10. The summed E-state index contributed by atoms with van der Waals surface area (Å²) in [6.45, 7) is 5.58. The molecule has 106 valence electrons. The maximum absolute atomic E-state index is 10.2. The summed E-state index contributed by atoms with van der Waals surface area (Å²) < 4.78 is 0. The molecule has 19 heavy (non-hydrogen) atoms. The van der Waals surface area contributed by atoms with Crippen molar-refractivity contribution in [3.8, 4) is 0 Å². The van der Waals surface area contributed by atoms with Gasteiger partial charge in [0.1, 0.15) is 0 Å². The number of benzene rings is 1. The topological polar surface area (TPSA) is 32.3 Å². The standard InChI is InChI=1S/C17H27NO/c1-13(2)8-9-18-16-11-15(17(19)12-16)10-14-6-4-3-5-7-14/h3-7,13,15-19H,8-12H2,1-2H3/t15-,16-,17-/m1/s1. The zero-order chi connectivity index (χ0) is 13.7. The number of hydrogen-bond acceptors (Lipinski definition) is 2. The molecular weight excluding hydrogens is 234 g/mol. The number of nitrogens with one attached hydrogen (secondary N) is 1. The van der Waals surface area contributed by atoms with Crippen LogP contribution in [0.2, 0.25) is 0 Å². The van der Waals surface area contributed by atoms with Gasteiger partial charge in [0.2, 0.25) is 0 Å². The molecule has 1 saturated carbocycles. The minimum absolute atomic E-state index is 0.142. The quantitative estimate of drug-likeness (QED) is 0.825. The number of rotatable bonds is 6. The molecule has 1 aromatic rings. The van der Waals surface area contributed by atoms with E-state index in [1.807, 2.05) is 6.07 Å². The van der Waals surface area contributed by atoms with Crippen LogP contribution < -0.4 is 5.32 Å². The molecule has 1 aliphatic carbocycles. The Bertz CT molecular complexity index is 363. The molecule has 1 aromatic carbocycles. The fourth-order valence-electron chi connectivity index (χ4n) is 2.98. The molecule has 0 heterocycles. The maximum Gasteiger partial charge on any atom is 0.0587 e. The third-order valence-corrected chi connectivity index (χ3v) is 4.15. The van der Waals surface area contributed by atoms with E-state index in [1.165, 1.54) is 12.0 Å². The molecule has 1 fully saturated rings. The van der Waals surface area contributed by atoms with Crippen molar-refractivity contribution in [2.75, 3.05) is 6.54 Å². The van der Waals surface area contributed by atoms with E-state index in [-0.39, 0.29) is 6.10 Å². The van der Waals surface area contributed by atoms with Crippen LogP contribution >= 0.6 is 0 Å². The Balaban J connectivity index is 1.77. The molecule has 0 spiro atoms. The van der Waals surface area contributed by atoms with E-state index in [1.54, 1.807) is 0 Å². The normalized spacial score (nSPS) is 27.1. The van der Waals surface area contributed by atoms with Crippen LogP contribution in [0.15, 0.2) is 30.3 Å². The maximum atomic E-state index is 10.2. The molecule has 2 rings (SSSR count). The van der Waals surface area contributed by atoms with Gasteiger partial charge in [0.15, 0.2) is 0 Å². The van der Waals surface area contributed by atoms with Crippen molar-refractivity contribution >= 4 is 0 Å². The molecule has 1 aliphatic rings. The summed E-state index contributed by atoms with van der Waals surface area (Å²) >= 11 is 0. The van der Waals surface area contributed by atoms with Crippen LogP contribution in [0.25, 0.3) is 0 Å². The highest BCUT2D eigenvalue weighted by Crippen LogP contribution is 2.29. The van der Waals surface area contributed by atoms with Gasteiger partial charge < -0.3 is 10.4 Å². The van der Waals surface area contributed by atoms with Crippen LogP contribution in [0, 0.1) is 11.8 Å². The van der Waals surface area contributed by atoms with Gasteiger partial charge in [0.05, 0.1) is 6.10 Å². The summed E-state index contributed by atoms with van der Waals surface area (Å²) in [5.74, 6) is 1.16. The van der Waals surface area contributed by atoms with E-state index in [9.17, 15) is 5.11 Å². The smallest absolute Gasteiger partial charge is 0.0587 e. The fraction of sp³-hybridized carbons (Fsp3) is 0.647. The highest BCUT2D eigenvalue weighted by Gasteiger charge is 2.32. The second-order valence-electron chi connectivity index (χ2n) is 6.32. The zero-order valence-electron chi connectivity index (χ0n) is 12.2. The van der Waals surface area contributed by atoms with E-state index in [0.717, 1.165) is 31.7 Å². The summed E-state index contributed by atoms with van der Waals surface area (Å²) in [6, 6.07) is 11.0. The average Bonchev–Trinajstić information content (AvgIpc) is 2.71. The zero-order valence-corrected chi connectivity index (χ0v) is 12.2. The molecule has 2 nitrogen and oxygen atoms in total. The summed E-state index contributed by atoms with van der Waals surface area (Å²) in [5, 5.41) is 13.8. The average molecular weight is 261 g/mol. The van der Waals surface area contributed by atoms with E-state index in [0.29, 0.717) is 12.0 Å². The Hall–Kier alpha value is -0.860. The van der Waals surface area contributed by atoms with Crippen molar-refractivity contribution in [2.45, 2.75) is 51.7 Å². The van der Waals surface area contributed by atoms with Gasteiger partial charge in [-0.2, -0.15) is 0 Å². The molecule has 0 bridgehead atoms. The Morgan fingerprint density at radius 3 is 2.63 bits per heavy atom. The van der Waals surface area contributed by atoms with Crippen molar-refractivity contribution < 1.29 is 5.11 Å². The van der Waals surface area contributed by atoms with Gasteiger partial charge in [0, 0.05) is 6.04 Å². The van der Waals surface area contributed by atoms with Crippen molar-refractivity contribution in [2.24, 2.45) is 11.8 Å². The molecular formula is C17H27NO. The molecule has 0 unspecified atom stereocenters. The van der Waals surface area contributed by atoms with E-state index >= 15 is 0 Å². The van der Waals surface area contributed by atoms with Crippen molar-refractivity contribution in [3.63, 3.8) is 0 Å². The van der Waals surface area contributed by atoms with Gasteiger partial charge in [-0.15, -0.1) is 0 Å². The van der Waals surface area contributed by atoms with Gasteiger partial charge >= 0.3 is 0 Å². The second-order valence-corrected chi connectivity index (χ2v) is 6.32. The monoisotopic (exact) mass is 261 g/mol. The third-order valence-electron chi connectivity index (χ3n) is 4.15. The van der Waals surface area contributed by atoms with Gasteiger partial charge in [-0.1, -0.05) is 44.2 Å². The van der Waals surface area contributed by atoms with E-state index in [4.69, 9.17) is 0 Å². The first kappa shape index (κ1) is 14.5. The predicted octanol–water partition coefficient (Wildman–Crippen LogP) is 3.00. The molecule has 2 heteroatoms. The van der Waals surface area contributed by atoms with Gasteiger partial charge in [0.25, 0.3) is 0 Å². The largest absolute Gasteiger partial charge is 0.393 e. The Kier molecular flexibility index (Phi) is 5.41. The first-order valence-electron chi connectivity index (χ1n) is 7.60. The van der Waals surface area contributed by atoms with E-state index < -0.39 is 0 Å². The van der Waals surface area contributed by atoms with Crippen molar-refractivity contribution in [3.05, 3.63) is 35.9 Å². The lowest BCUT2D eigenvalue weighted by Gasteiger charge is -2.14. The predicted molar refractivity (Wildman–Crippen MR) is 80.1 cm³/mol. The molecule has 0 radical (unpaired) electrons.